The topological polar surface area (TPSA) is 30.5 Å². The summed E-state index contributed by atoms with van der Waals surface area (Å²) in [6, 6.07) is 4.70. The lowest BCUT2D eigenvalue weighted by Crippen LogP contribution is -2.49. The third kappa shape index (κ3) is 1.99. The van der Waals surface area contributed by atoms with E-state index < -0.39 is 0 Å². The number of benzene rings is 1. The normalized spacial score (nSPS) is 25.6. The lowest BCUT2D eigenvalue weighted by atomic mass is 9.82. The van der Waals surface area contributed by atoms with Crippen molar-refractivity contribution < 1.29 is 13.9 Å². The highest BCUT2D eigenvalue weighted by atomic mass is 19.1. The van der Waals surface area contributed by atoms with Crippen LogP contribution in [0.5, 0.6) is 5.75 Å². The molecular formula is C14H18FNO2. The molecule has 0 bridgehead atoms. The predicted octanol–water partition coefficient (Wildman–Crippen LogP) is 2.42. The van der Waals surface area contributed by atoms with E-state index >= 15 is 0 Å². The van der Waals surface area contributed by atoms with E-state index in [0.717, 1.165) is 43.7 Å². The highest BCUT2D eigenvalue weighted by Gasteiger charge is 2.42. The quantitative estimate of drug-likeness (QED) is 0.831. The van der Waals surface area contributed by atoms with Gasteiger partial charge >= 0.3 is 0 Å². The molecule has 0 aromatic heterocycles. The molecule has 1 fully saturated rings. The molecule has 2 aliphatic rings. The van der Waals surface area contributed by atoms with Gasteiger partial charge in [-0.15, -0.1) is 0 Å². The fourth-order valence-electron chi connectivity index (χ4n) is 2.99. The van der Waals surface area contributed by atoms with Crippen molar-refractivity contribution in [3.63, 3.8) is 0 Å². The number of fused-ring (bicyclic) bond motifs is 1. The van der Waals surface area contributed by atoms with Gasteiger partial charge in [-0.05, 0) is 44.1 Å². The lowest BCUT2D eigenvalue weighted by Gasteiger charge is -2.44. The number of hydrogen-bond acceptors (Lipinski definition) is 3. The Morgan fingerprint density at radius 3 is 2.89 bits per heavy atom. The predicted molar refractivity (Wildman–Crippen MR) is 66.2 cm³/mol. The number of methoxy groups -OCH3 is 1. The van der Waals surface area contributed by atoms with Crippen LogP contribution in [0.25, 0.3) is 0 Å². The minimum atomic E-state index is -0.235. The Morgan fingerprint density at radius 1 is 1.39 bits per heavy atom. The van der Waals surface area contributed by atoms with Crippen molar-refractivity contribution in [1.29, 1.82) is 0 Å². The Kier molecular flexibility index (Phi) is 2.99. The second kappa shape index (κ2) is 4.52. The van der Waals surface area contributed by atoms with Crippen LogP contribution in [0.3, 0.4) is 0 Å². The summed E-state index contributed by atoms with van der Waals surface area (Å²) >= 11 is 0. The molecule has 1 atom stereocenters. The molecule has 2 heterocycles. The number of nitrogens with one attached hydrogen (secondary N) is 1. The average Bonchev–Trinajstić information content (AvgIpc) is 2.39. The molecule has 2 aliphatic heterocycles. The Labute approximate surface area is 106 Å². The smallest absolute Gasteiger partial charge is 0.126 e. The van der Waals surface area contributed by atoms with Gasteiger partial charge in [-0.2, -0.15) is 0 Å². The molecular weight excluding hydrogens is 233 g/mol. The summed E-state index contributed by atoms with van der Waals surface area (Å²) in [6.45, 7) is 1.93. The van der Waals surface area contributed by atoms with E-state index in [9.17, 15) is 4.39 Å². The summed E-state index contributed by atoms with van der Waals surface area (Å²) in [4.78, 5) is 0. The molecule has 18 heavy (non-hydrogen) atoms. The monoisotopic (exact) mass is 251 g/mol. The van der Waals surface area contributed by atoms with Crippen molar-refractivity contribution in [2.75, 3.05) is 20.2 Å². The maximum atomic E-state index is 13.3. The van der Waals surface area contributed by atoms with Crippen molar-refractivity contribution in [3.05, 3.63) is 29.6 Å². The van der Waals surface area contributed by atoms with Crippen LogP contribution >= 0.6 is 0 Å². The van der Waals surface area contributed by atoms with E-state index in [-0.39, 0.29) is 17.5 Å². The van der Waals surface area contributed by atoms with Crippen molar-refractivity contribution >= 4 is 0 Å². The van der Waals surface area contributed by atoms with Gasteiger partial charge in [-0.1, -0.05) is 0 Å². The first-order valence-electron chi connectivity index (χ1n) is 6.44. The zero-order valence-electron chi connectivity index (χ0n) is 10.5. The molecule has 0 amide bonds. The molecule has 4 heteroatoms. The fraction of sp³-hybridized carbons (Fsp3) is 0.571. The maximum Gasteiger partial charge on any atom is 0.126 e. The van der Waals surface area contributed by atoms with Gasteiger partial charge < -0.3 is 14.8 Å². The number of ether oxygens (including phenoxy) is 2. The third-order valence-corrected chi connectivity index (χ3v) is 4.00. The SMILES string of the molecule is COC1CC2(CCNCC2)Oc2ccc(F)cc21. The van der Waals surface area contributed by atoms with Gasteiger partial charge in [0.25, 0.3) is 0 Å². The summed E-state index contributed by atoms with van der Waals surface area (Å²) in [7, 11) is 1.68. The van der Waals surface area contributed by atoms with E-state index in [1.165, 1.54) is 12.1 Å². The average molecular weight is 251 g/mol. The van der Waals surface area contributed by atoms with E-state index in [2.05, 4.69) is 5.32 Å². The molecule has 1 aromatic carbocycles. The van der Waals surface area contributed by atoms with Crippen LogP contribution in [0.4, 0.5) is 4.39 Å². The molecule has 0 aliphatic carbocycles. The first-order chi connectivity index (χ1) is 8.72. The van der Waals surface area contributed by atoms with Crippen LogP contribution in [0.2, 0.25) is 0 Å². The summed E-state index contributed by atoms with van der Waals surface area (Å²) < 4.78 is 25.0. The molecule has 1 saturated heterocycles. The summed E-state index contributed by atoms with van der Waals surface area (Å²) in [5, 5.41) is 3.34. The van der Waals surface area contributed by atoms with Gasteiger partial charge in [-0.25, -0.2) is 4.39 Å². The van der Waals surface area contributed by atoms with Crippen LogP contribution in [0.1, 0.15) is 30.9 Å². The molecule has 1 unspecified atom stereocenters. The van der Waals surface area contributed by atoms with E-state index in [4.69, 9.17) is 9.47 Å². The van der Waals surface area contributed by atoms with Crippen LogP contribution in [-0.2, 0) is 4.74 Å². The molecule has 1 aromatic rings. The number of piperidine rings is 1. The molecule has 1 spiro atoms. The van der Waals surface area contributed by atoms with Gasteiger partial charge in [-0.3, -0.25) is 0 Å². The molecule has 1 N–H and O–H groups in total. The van der Waals surface area contributed by atoms with E-state index in [0.29, 0.717) is 0 Å². The largest absolute Gasteiger partial charge is 0.487 e. The van der Waals surface area contributed by atoms with Crippen LogP contribution in [-0.4, -0.2) is 25.8 Å². The van der Waals surface area contributed by atoms with Crippen LogP contribution in [0.15, 0.2) is 18.2 Å². The van der Waals surface area contributed by atoms with Crippen molar-refractivity contribution in [2.45, 2.75) is 31.0 Å². The highest BCUT2D eigenvalue weighted by molar-refractivity contribution is 5.38. The van der Waals surface area contributed by atoms with Crippen molar-refractivity contribution in [1.82, 2.24) is 5.32 Å². The zero-order valence-corrected chi connectivity index (χ0v) is 10.5. The van der Waals surface area contributed by atoms with Gasteiger partial charge in [0.1, 0.15) is 17.2 Å². The fourth-order valence-corrected chi connectivity index (χ4v) is 2.99. The summed E-state index contributed by atoms with van der Waals surface area (Å²) in [5.74, 6) is 0.539. The maximum absolute atomic E-state index is 13.3. The van der Waals surface area contributed by atoms with Gasteiger partial charge in [0.2, 0.25) is 0 Å². The first-order valence-corrected chi connectivity index (χ1v) is 6.44. The Hall–Kier alpha value is -1.13. The first kappa shape index (κ1) is 11.9. The number of halogens is 1. The standard InChI is InChI=1S/C14H18FNO2/c1-17-13-9-14(4-6-16-7-5-14)18-12-3-2-10(15)8-11(12)13/h2-3,8,13,16H,4-7,9H2,1H3. The zero-order chi connectivity index (χ0) is 12.6. The highest BCUT2D eigenvalue weighted by Crippen LogP contribution is 2.44. The molecule has 0 radical (unpaired) electrons. The minimum Gasteiger partial charge on any atom is -0.487 e. The second-order valence-electron chi connectivity index (χ2n) is 5.15. The van der Waals surface area contributed by atoms with Gasteiger partial charge in [0.15, 0.2) is 0 Å². The van der Waals surface area contributed by atoms with Crippen molar-refractivity contribution in [2.24, 2.45) is 0 Å². The molecule has 0 saturated carbocycles. The van der Waals surface area contributed by atoms with Gasteiger partial charge in [0.05, 0.1) is 6.10 Å². The summed E-state index contributed by atoms with van der Waals surface area (Å²) in [6.07, 6.45) is 2.69. The number of hydrogen-bond donors (Lipinski definition) is 1. The van der Waals surface area contributed by atoms with E-state index in [1.807, 2.05) is 0 Å². The van der Waals surface area contributed by atoms with Crippen LogP contribution in [0, 0.1) is 5.82 Å². The van der Waals surface area contributed by atoms with E-state index in [1.54, 1.807) is 13.2 Å². The Balaban J connectivity index is 1.96. The summed E-state index contributed by atoms with van der Waals surface area (Å²) in [5.41, 5.74) is 0.693. The Morgan fingerprint density at radius 2 is 2.17 bits per heavy atom. The molecule has 98 valence electrons. The number of rotatable bonds is 1. The third-order valence-electron chi connectivity index (χ3n) is 4.00. The molecule has 3 nitrogen and oxygen atoms in total. The Bertz CT molecular complexity index is 443. The second-order valence-corrected chi connectivity index (χ2v) is 5.15. The molecule has 3 rings (SSSR count). The van der Waals surface area contributed by atoms with Crippen molar-refractivity contribution in [3.8, 4) is 5.75 Å². The lowest BCUT2D eigenvalue weighted by molar-refractivity contribution is -0.0480. The van der Waals surface area contributed by atoms with Crippen LogP contribution < -0.4 is 10.1 Å². The van der Waals surface area contributed by atoms with Gasteiger partial charge in [0, 0.05) is 19.1 Å². The minimum absolute atomic E-state index is 0.0671.